The molecule has 2 aliphatic rings. The molecule has 0 aliphatic carbocycles. The number of nitrogens with one attached hydrogen (secondary N) is 1. The summed E-state index contributed by atoms with van der Waals surface area (Å²) in [5.41, 5.74) is 2.29. The molecular weight excluding hydrogens is 534 g/mol. The molecule has 0 atom stereocenters. The van der Waals surface area contributed by atoms with E-state index in [-0.39, 0.29) is 5.16 Å². The molecule has 0 radical (unpaired) electrons. The fraction of sp³-hybridized carbons (Fsp3) is 0.708. The third-order valence-corrected chi connectivity index (χ3v) is 12.2. The average Bonchev–Trinajstić information content (AvgIpc) is 3.13. The molecule has 2 aliphatic heterocycles. The Morgan fingerprint density at radius 1 is 0.935 bits per heavy atom. The molecule has 0 aromatic heterocycles. The summed E-state index contributed by atoms with van der Waals surface area (Å²) in [6, 6.07) is 6.46. The second kappa shape index (κ2) is 11.4. The summed E-state index contributed by atoms with van der Waals surface area (Å²) in [5, 5.41) is 4.21. The number of aryl methyl sites for hydroxylation is 1. The van der Waals surface area contributed by atoms with Crippen molar-refractivity contribution < 1.29 is 0 Å². The predicted molar refractivity (Wildman–Crippen MR) is 149 cm³/mol. The minimum atomic E-state index is -2.02. The van der Waals surface area contributed by atoms with Crippen LogP contribution in [0.5, 0.6) is 0 Å². The summed E-state index contributed by atoms with van der Waals surface area (Å²) in [5.74, 6) is 0. The molecule has 0 spiro atoms. The number of thiocarbonyl (C=S) groups is 1. The van der Waals surface area contributed by atoms with E-state index in [9.17, 15) is 0 Å². The van der Waals surface area contributed by atoms with Gasteiger partial charge in [0, 0.05) is 40.6 Å². The van der Waals surface area contributed by atoms with Gasteiger partial charge < -0.3 is 5.32 Å². The van der Waals surface area contributed by atoms with Crippen LogP contribution in [0.2, 0.25) is 0 Å². The fourth-order valence-electron chi connectivity index (χ4n) is 5.00. The Morgan fingerprint density at radius 2 is 1.42 bits per heavy atom. The fourth-order valence-corrected chi connectivity index (χ4v) is 10.7. The molecule has 0 saturated carbocycles. The maximum atomic E-state index is 5.95. The van der Waals surface area contributed by atoms with Crippen LogP contribution >= 0.6 is 42.2 Å². The molecule has 1 aromatic rings. The van der Waals surface area contributed by atoms with E-state index in [1.165, 1.54) is 60.5 Å². The minimum absolute atomic E-state index is 0.0501. The summed E-state index contributed by atoms with van der Waals surface area (Å²) in [7, 11) is -2.02. The van der Waals surface area contributed by atoms with Gasteiger partial charge in [-0.15, -0.1) is 0 Å². The van der Waals surface area contributed by atoms with Crippen molar-refractivity contribution in [1.29, 1.82) is 0 Å². The first-order valence-electron chi connectivity index (χ1n) is 11.9. The van der Waals surface area contributed by atoms with Gasteiger partial charge in [-0.3, -0.25) is 9.34 Å². The first kappa shape index (κ1) is 25.6. The molecule has 0 unspecified atom stereocenters. The van der Waals surface area contributed by atoms with E-state index >= 15 is 0 Å². The Balaban J connectivity index is 2.06. The van der Waals surface area contributed by atoms with Gasteiger partial charge in [-0.05, 0) is 91.2 Å². The van der Waals surface area contributed by atoms with Crippen molar-refractivity contribution in [2.75, 3.05) is 31.5 Å². The maximum absolute atomic E-state index is 5.95. The van der Waals surface area contributed by atoms with Crippen LogP contribution in [0.15, 0.2) is 22.9 Å². The predicted octanol–water partition coefficient (Wildman–Crippen LogP) is 7.88. The Labute approximate surface area is 209 Å². The third-order valence-electron chi connectivity index (χ3n) is 6.51. The molecule has 7 heteroatoms. The van der Waals surface area contributed by atoms with Crippen LogP contribution in [0.4, 0.5) is 5.69 Å². The lowest BCUT2D eigenvalue weighted by Gasteiger charge is -2.50. The van der Waals surface area contributed by atoms with E-state index in [2.05, 4.69) is 83.1 Å². The second-order valence-electron chi connectivity index (χ2n) is 9.96. The lowest BCUT2D eigenvalue weighted by atomic mass is 10.2. The van der Waals surface area contributed by atoms with Crippen molar-refractivity contribution in [3.8, 4) is 0 Å². The van der Waals surface area contributed by atoms with Gasteiger partial charge in [0.25, 0.3) is 0 Å². The van der Waals surface area contributed by atoms with E-state index in [0.29, 0.717) is 5.11 Å². The number of anilines is 1. The summed E-state index contributed by atoms with van der Waals surface area (Å²) in [4.78, 5) is 0. The zero-order valence-corrected chi connectivity index (χ0v) is 23.7. The van der Waals surface area contributed by atoms with E-state index in [1.807, 2.05) is 0 Å². The number of rotatable bonds is 3. The molecule has 2 heterocycles. The Kier molecular flexibility index (Phi) is 9.43. The average molecular weight is 575 g/mol. The van der Waals surface area contributed by atoms with Crippen molar-refractivity contribution in [1.82, 2.24) is 9.34 Å². The molecule has 4 nitrogen and oxygen atoms in total. The van der Waals surface area contributed by atoms with Gasteiger partial charge in [-0.25, -0.2) is 4.74 Å². The van der Waals surface area contributed by atoms with Gasteiger partial charge in [-0.2, -0.15) is 0 Å². The van der Waals surface area contributed by atoms with Crippen molar-refractivity contribution in [2.45, 2.75) is 84.2 Å². The topological polar surface area (TPSA) is 30.9 Å². The van der Waals surface area contributed by atoms with Crippen LogP contribution in [0.3, 0.4) is 0 Å². The molecule has 3 rings (SSSR count). The molecule has 0 amide bonds. The number of hydrogen-bond donors (Lipinski definition) is 1. The van der Waals surface area contributed by atoms with Crippen LogP contribution in [0.25, 0.3) is 0 Å². The quantitative estimate of drug-likeness (QED) is 0.226. The van der Waals surface area contributed by atoms with E-state index in [1.54, 1.807) is 0 Å². The van der Waals surface area contributed by atoms with Gasteiger partial charge in [0.2, 0.25) is 0 Å². The second-order valence-corrected chi connectivity index (χ2v) is 15.4. The summed E-state index contributed by atoms with van der Waals surface area (Å²) in [6.07, 6.45) is 10.5. The lowest BCUT2D eigenvalue weighted by molar-refractivity contribution is 0.368. The number of halogens is 1. The molecule has 174 valence electrons. The van der Waals surface area contributed by atoms with Crippen molar-refractivity contribution in [3.63, 3.8) is 0 Å². The monoisotopic (exact) mass is 574 g/mol. The van der Waals surface area contributed by atoms with E-state index in [0.717, 1.165) is 31.9 Å². The van der Waals surface area contributed by atoms with Crippen molar-refractivity contribution >= 4 is 53.0 Å². The standard InChI is InChI=1S/C24H40IN4PS/c1-20-19-21(25)13-14-22(20)26-23(31)27-30(24(2,3)4,28-15-9-5-6-10-16-28)29-17-11-7-8-12-18-29/h13-14,19H,5-12,15-18H2,1-4H3,(H,26,31). The number of nitrogens with zero attached hydrogens (tertiary/aromatic N) is 3. The van der Waals surface area contributed by atoms with E-state index in [4.69, 9.17) is 17.0 Å². The zero-order chi connectivity index (χ0) is 22.5. The summed E-state index contributed by atoms with van der Waals surface area (Å²) in [6.45, 7) is 13.9. The molecular formula is C24H40IN4PS. The normalized spacial score (nSPS) is 20.0. The first-order valence-corrected chi connectivity index (χ1v) is 15.1. The van der Waals surface area contributed by atoms with Gasteiger partial charge in [0.1, 0.15) is 7.36 Å². The molecule has 31 heavy (non-hydrogen) atoms. The van der Waals surface area contributed by atoms with Crippen LogP contribution in [-0.4, -0.2) is 45.8 Å². The smallest absolute Gasteiger partial charge is 0.198 e. The molecule has 2 fully saturated rings. The summed E-state index contributed by atoms with van der Waals surface area (Å²) >= 11 is 8.31. The first-order chi connectivity index (χ1) is 14.7. The summed E-state index contributed by atoms with van der Waals surface area (Å²) < 4.78 is 12.4. The molecule has 0 bridgehead atoms. The van der Waals surface area contributed by atoms with Crippen molar-refractivity contribution in [2.24, 2.45) is 4.74 Å². The Hall–Kier alpha value is -0.0100. The highest BCUT2D eigenvalue weighted by Crippen LogP contribution is 2.66. The minimum Gasteiger partial charge on any atom is -0.331 e. The number of benzene rings is 1. The Bertz CT molecular complexity index is 780. The van der Waals surface area contributed by atoms with E-state index < -0.39 is 7.36 Å². The van der Waals surface area contributed by atoms with Gasteiger partial charge in [0.15, 0.2) is 5.11 Å². The zero-order valence-electron chi connectivity index (χ0n) is 19.8. The van der Waals surface area contributed by atoms with Crippen LogP contribution < -0.4 is 5.32 Å². The highest BCUT2D eigenvalue weighted by atomic mass is 127. The van der Waals surface area contributed by atoms with Crippen LogP contribution in [0.1, 0.15) is 77.7 Å². The highest BCUT2D eigenvalue weighted by molar-refractivity contribution is 14.1. The van der Waals surface area contributed by atoms with Gasteiger partial charge in [0.05, 0.1) is 0 Å². The largest absolute Gasteiger partial charge is 0.331 e. The number of hydrogen-bond acceptors (Lipinski definition) is 1. The molecule has 1 N–H and O–H groups in total. The van der Waals surface area contributed by atoms with Crippen molar-refractivity contribution in [3.05, 3.63) is 27.3 Å². The van der Waals surface area contributed by atoms with Crippen LogP contribution in [0, 0.1) is 10.5 Å². The molecule has 2 saturated heterocycles. The highest BCUT2D eigenvalue weighted by Gasteiger charge is 2.44. The van der Waals surface area contributed by atoms with Gasteiger partial charge >= 0.3 is 0 Å². The Morgan fingerprint density at radius 3 is 1.84 bits per heavy atom. The van der Waals surface area contributed by atoms with Crippen LogP contribution in [-0.2, 0) is 0 Å². The maximum Gasteiger partial charge on any atom is 0.198 e. The molecule has 1 aromatic carbocycles. The van der Waals surface area contributed by atoms with Gasteiger partial charge in [-0.1, -0.05) is 46.5 Å². The lowest BCUT2D eigenvalue weighted by Crippen LogP contribution is -2.42. The SMILES string of the molecule is Cc1cc(I)ccc1NC(=S)N=P(N1CCCCCC1)(N1CCCCCC1)C(C)(C)C. The third kappa shape index (κ3) is 6.32.